The summed E-state index contributed by atoms with van der Waals surface area (Å²) in [5.41, 5.74) is 3.55. The van der Waals surface area contributed by atoms with E-state index in [1.807, 2.05) is 0 Å². The highest BCUT2D eigenvalue weighted by Crippen LogP contribution is 2.58. The SMILES string of the molecule is CCS(C)(CC(CCS)C(C)=C1CCC1)C1CCC1. The zero-order chi connectivity index (χ0) is 13.9. The summed E-state index contributed by atoms with van der Waals surface area (Å²) in [4.78, 5) is 0. The van der Waals surface area contributed by atoms with Gasteiger partial charge < -0.3 is 0 Å². The molecule has 2 aliphatic rings. The van der Waals surface area contributed by atoms with E-state index in [0.717, 1.165) is 16.9 Å². The molecule has 2 atom stereocenters. The topological polar surface area (TPSA) is 0 Å². The Bertz CT molecular complexity index is 324. The zero-order valence-electron chi connectivity index (χ0n) is 13.1. The van der Waals surface area contributed by atoms with Gasteiger partial charge in [0.15, 0.2) is 0 Å². The molecule has 0 aromatic carbocycles. The van der Waals surface area contributed by atoms with Gasteiger partial charge in [-0.2, -0.15) is 12.6 Å². The molecule has 2 unspecified atom stereocenters. The number of thiol groups is 1. The van der Waals surface area contributed by atoms with Crippen molar-refractivity contribution in [2.45, 2.75) is 64.0 Å². The van der Waals surface area contributed by atoms with Crippen LogP contribution in [-0.4, -0.2) is 28.8 Å². The number of rotatable bonds is 7. The summed E-state index contributed by atoms with van der Waals surface area (Å²) in [6.45, 7) is 4.87. The Kier molecular flexibility index (Phi) is 5.77. The van der Waals surface area contributed by atoms with Crippen molar-refractivity contribution in [3.63, 3.8) is 0 Å². The average Bonchev–Trinajstić information content (AvgIpc) is 2.23. The van der Waals surface area contributed by atoms with Crippen LogP contribution in [0.2, 0.25) is 0 Å². The monoisotopic (exact) mass is 300 g/mol. The number of allylic oxidation sites excluding steroid dienone is 2. The normalized spacial score (nSPS) is 26.0. The van der Waals surface area contributed by atoms with E-state index >= 15 is 0 Å². The molecule has 0 spiro atoms. The molecule has 2 fully saturated rings. The lowest BCUT2D eigenvalue weighted by Crippen LogP contribution is -2.31. The highest BCUT2D eigenvalue weighted by molar-refractivity contribution is 8.33. The van der Waals surface area contributed by atoms with Crippen molar-refractivity contribution in [3.8, 4) is 0 Å². The standard InChI is InChI=1S/C17H32S2/c1-4-19(3,17-9-6-10-17)13-16(11-12-18)14(2)15-7-5-8-15/h16-18H,4-13H2,1-3H3. The molecule has 0 radical (unpaired) electrons. The molecule has 2 saturated carbocycles. The Labute approximate surface area is 127 Å². The molecule has 19 heavy (non-hydrogen) atoms. The van der Waals surface area contributed by atoms with Crippen LogP contribution in [0.1, 0.15) is 58.8 Å². The van der Waals surface area contributed by atoms with E-state index in [9.17, 15) is 0 Å². The molecule has 0 bridgehead atoms. The first-order chi connectivity index (χ1) is 9.10. The molecule has 112 valence electrons. The first kappa shape index (κ1) is 15.8. The zero-order valence-corrected chi connectivity index (χ0v) is 14.8. The maximum atomic E-state index is 4.52. The Morgan fingerprint density at radius 1 is 1.32 bits per heavy atom. The van der Waals surface area contributed by atoms with Gasteiger partial charge in [-0.3, -0.25) is 0 Å². The van der Waals surface area contributed by atoms with E-state index in [1.165, 1.54) is 56.5 Å². The lowest BCUT2D eigenvalue weighted by molar-refractivity contribution is 0.511. The highest BCUT2D eigenvalue weighted by Gasteiger charge is 2.34. The van der Waals surface area contributed by atoms with Gasteiger partial charge in [0.05, 0.1) is 0 Å². The molecule has 2 heteroatoms. The molecule has 0 amide bonds. The second kappa shape index (κ2) is 6.93. The Balaban J connectivity index is 2.06. The van der Waals surface area contributed by atoms with Crippen LogP contribution in [0.15, 0.2) is 11.1 Å². The Hall–Kier alpha value is 0.440. The first-order valence-corrected chi connectivity index (χ1v) is 11.2. The lowest BCUT2D eigenvalue weighted by atomic mass is 9.83. The second-order valence-corrected chi connectivity index (χ2v) is 11.4. The lowest BCUT2D eigenvalue weighted by Gasteiger charge is -2.50. The van der Waals surface area contributed by atoms with Gasteiger partial charge in [0.1, 0.15) is 0 Å². The van der Waals surface area contributed by atoms with E-state index in [0.29, 0.717) is 0 Å². The molecule has 0 N–H and O–H groups in total. The van der Waals surface area contributed by atoms with Crippen LogP contribution in [0.5, 0.6) is 0 Å². The van der Waals surface area contributed by atoms with Crippen molar-refractivity contribution in [1.29, 1.82) is 0 Å². The molecule has 0 aromatic heterocycles. The molecule has 0 heterocycles. The Morgan fingerprint density at radius 3 is 2.37 bits per heavy atom. The van der Waals surface area contributed by atoms with Gasteiger partial charge in [-0.15, -0.1) is 0 Å². The fourth-order valence-corrected chi connectivity index (χ4v) is 7.60. The maximum Gasteiger partial charge on any atom is -0.00919 e. The third-order valence-electron chi connectivity index (χ3n) is 5.70. The van der Waals surface area contributed by atoms with E-state index < -0.39 is 0 Å². The van der Waals surface area contributed by atoms with E-state index in [2.05, 4.69) is 32.7 Å². The molecule has 0 aliphatic heterocycles. The molecular weight excluding hydrogens is 268 g/mol. The van der Waals surface area contributed by atoms with Crippen molar-refractivity contribution in [3.05, 3.63) is 11.1 Å². The molecule has 2 rings (SSSR count). The van der Waals surface area contributed by atoms with Crippen LogP contribution >= 0.6 is 22.7 Å². The van der Waals surface area contributed by atoms with Crippen molar-refractivity contribution in [2.75, 3.05) is 23.5 Å². The predicted molar refractivity (Wildman–Crippen MR) is 95.1 cm³/mol. The second-order valence-electron chi connectivity index (χ2n) is 6.71. The third-order valence-corrected chi connectivity index (χ3v) is 10.5. The first-order valence-electron chi connectivity index (χ1n) is 8.12. The third kappa shape index (κ3) is 3.56. The minimum Gasteiger partial charge on any atom is -0.241 e. The molecule has 2 aliphatic carbocycles. The van der Waals surface area contributed by atoms with Crippen LogP contribution in [0.4, 0.5) is 0 Å². The molecular formula is C17H32S2. The van der Waals surface area contributed by atoms with Gasteiger partial charge in [-0.1, -0.05) is 24.5 Å². The van der Waals surface area contributed by atoms with Crippen molar-refractivity contribution >= 4 is 22.7 Å². The summed E-state index contributed by atoms with van der Waals surface area (Å²) >= 11 is 4.52. The minimum absolute atomic E-state index is 0.371. The van der Waals surface area contributed by atoms with Crippen molar-refractivity contribution < 1.29 is 0 Å². The summed E-state index contributed by atoms with van der Waals surface area (Å²) in [6, 6.07) is 0. The quantitative estimate of drug-likeness (QED) is 0.470. The number of hydrogen-bond donors (Lipinski definition) is 1. The summed E-state index contributed by atoms with van der Waals surface area (Å²) < 4.78 is 0. The fraction of sp³-hybridized carbons (Fsp3) is 0.882. The largest absolute Gasteiger partial charge is 0.241 e. The average molecular weight is 301 g/mol. The summed E-state index contributed by atoms with van der Waals surface area (Å²) in [5, 5.41) is 1.08. The predicted octanol–water partition coefficient (Wildman–Crippen LogP) is 5.43. The van der Waals surface area contributed by atoms with Gasteiger partial charge >= 0.3 is 0 Å². The van der Waals surface area contributed by atoms with Crippen molar-refractivity contribution in [2.24, 2.45) is 5.92 Å². The smallest absolute Gasteiger partial charge is 0.00919 e. The highest BCUT2D eigenvalue weighted by atomic mass is 32.3. The fourth-order valence-electron chi connectivity index (χ4n) is 3.51. The van der Waals surface area contributed by atoms with E-state index in [1.54, 1.807) is 11.1 Å². The van der Waals surface area contributed by atoms with Gasteiger partial charge in [0, 0.05) is 0 Å². The molecule has 0 saturated heterocycles. The summed E-state index contributed by atoms with van der Waals surface area (Å²) in [5.74, 6) is 4.82. The summed E-state index contributed by atoms with van der Waals surface area (Å²) in [7, 11) is -0.371. The van der Waals surface area contributed by atoms with Crippen molar-refractivity contribution in [1.82, 2.24) is 0 Å². The minimum atomic E-state index is -0.371. The Morgan fingerprint density at radius 2 is 2.00 bits per heavy atom. The van der Waals surface area contributed by atoms with Crippen LogP contribution in [0.25, 0.3) is 0 Å². The van der Waals surface area contributed by atoms with Gasteiger partial charge in [-0.05, 0) is 80.1 Å². The maximum absolute atomic E-state index is 4.52. The van der Waals surface area contributed by atoms with Crippen LogP contribution < -0.4 is 0 Å². The van der Waals surface area contributed by atoms with E-state index in [4.69, 9.17) is 0 Å². The van der Waals surface area contributed by atoms with Gasteiger partial charge in [-0.25, -0.2) is 10.0 Å². The summed E-state index contributed by atoms with van der Waals surface area (Å²) in [6.07, 6.45) is 12.7. The van der Waals surface area contributed by atoms with Gasteiger partial charge in [0.2, 0.25) is 0 Å². The number of hydrogen-bond acceptors (Lipinski definition) is 1. The van der Waals surface area contributed by atoms with E-state index in [-0.39, 0.29) is 10.0 Å². The molecule has 0 aromatic rings. The van der Waals surface area contributed by atoms with Gasteiger partial charge in [0.25, 0.3) is 0 Å². The van der Waals surface area contributed by atoms with Crippen LogP contribution in [0.3, 0.4) is 0 Å². The van der Waals surface area contributed by atoms with Crippen LogP contribution in [0, 0.1) is 5.92 Å². The van der Waals surface area contributed by atoms with Crippen LogP contribution in [-0.2, 0) is 0 Å². The molecule has 0 nitrogen and oxygen atoms in total.